The van der Waals surface area contributed by atoms with Gasteiger partial charge in [0.25, 0.3) is 0 Å². The molecule has 3 atom stereocenters. The van der Waals surface area contributed by atoms with E-state index in [9.17, 15) is 4.79 Å². The quantitative estimate of drug-likeness (QED) is 0.743. The van der Waals surface area contributed by atoms with Crippen molar-refractivity contribution in [2.45, 2.75) is 50.6 Å². The Bertz CT molecular complexity index is 920. The Morgan fingerprint density at radius 1 is 1.12 bits per heavy atom. The van der Waals surface area contributed by atoms with Crippen molar-refractivity contribution in [3.05, 3.63) is 52.0 Å². The van der Waals surface area contributed by atoms with Gasteiger partial charge >= 0.3 is 0 Å². The third-order valence-corrected chi connectivity index (χ3v) is 7.04. The first-order valence-electron chi connectivity index (χ1n) is 9.45. The highest BCUT2D eigenvalue weighted by Gasteiger charge is 2.43. The maximum Gasteiger partial charge on any atom is 0.241 e. The van der Waals surface area contributed by atoms with Gasteiger partial charge in [0.2, 0.25) is 5.91 Å². The number of rotatable bonds is 2. The summed E-state index contributed by atoms with van der Waals surface area (Å²) in [5.74, 6) is 0.626. The number of anilines is 1. The summed E-state index contributed by atoms with van der Waals surface area (Å²) < 4.78 is 1.10. The highest BCUT2D eigenvalue weighted by atomic mass is 79.9. The van der Waals surface area contributed by atoms with E-state index in [0.717, 1.165) is 16.6 Å². The number of benzene rings is 2. The van der Waals surface area contributed by atoms with Gasteiger partial charge in [0.15, 0.2) is 0 Å². The molecule has 26 heavy (non-hydrogen) atoms. The molecule has 0 aromatic heterocycles. The molecular formula is C22H23BrN2O. The number of piperidine rings is 1. The minimum absolute atomic E-state index is 0.0248. The van der Waals surface area contributed by atoms with E-state index in [2.05, 4.69) is 70.7 Å². The zero-order valence-electron chi connectivity index (χ0n) is 15.1. The maximum absolute atomic E-state index is 12.7. The first-order chi connectivity index (χ1) is 12.4. The summed E-state index contributed by atoms with van der Waals surface area (Å²) in [6, 6.07) is 13.4. The number of hydrogen-bond acceptors (Lipinski definition) is 2. The number of carbonyl (C=O) groups is 1. The third-order valence-electron chi connectivity index (χ3n) is 6.55. The summed E-state index contributed by atoms with van der Waals surface area (Å²) in [7, 11) is 0. The van der Waals surface area contributed by atoms with Crippen LogP contribution in [-0.2, 0) is 10.2 Å². The number of halogens is 1. The largest absolute Gasteiger partial charge is 0.325 e. The van der Waals surface area contributed by atoms with Crippen LogP contribution in [0.4, 0.5) is 5.69 Å². The Labute approximate surface area is 162 Å². The lowest BCUT2D eigenvalue weighted by Gasteiger charge is -2.24. The minimum atomic E-state index is -0.0696. The van der Waals surface area contributed by atoms with Crippen LogP contribution >= 0.6 is 15.9 Å². The minimum Gasteiger partial charge on any atom is -0.325 e. The molecule has 2 aromatic rings. The van der Waals surface area contributed by atoms with Crippen LogP contribution < -0.4 is 10.6 Å². The molecule has 1 aliphatic heterocycles. The van der Waals surface area contributed by atoms with Crippen molar-refractivity contribution in [3.8, 4) is 11.1 Å². The average molecular weight is 411 g/mol. The predicted molar refractivity (Wildman–Crippen MR) is 108 cm³/mol. The van der Waals surface area contributed by atoms with Crippen LogP contribution in [0.25, 0.3) is 11.1 Å². The van der Waals surface area contributed by atoms with Gasteiger partial charge in [-0.25, -0.2) is 0 Å². The monoisotopic (exact) mass is 410 g/mol. The molecule has 0 unspecified atom stereocenters. The molecular weight excluding hydrogens is 388 g/mol. The van der Waals surface area contributed by atoms with Gasteiger partial charge in [-0.3, -0.25) is 4.79 Å². The van der Waals surface area contributed by atoms with Crippen molar-refractivity contribution >= 4 is 27.5 Å². The second kappa shape index (κ2) is 5.67. The third kappa shape index (κ3) is 2.39. The van der Waals surface area contributed by atoms with Crippen LogP contribution in [0, 0.1) is 5.92 Å². The van der Waals surface area contributed by atoms with E-state index in [1.54, 1.807) is 0 Å². The van der Waals surface area contributed by atoms with E-state index in [-0.39, 0.29) is 17.4 Å². The molecule has 0 radical (unpaired) electrons. The molecule has 5 rings (SSSR count). The first-order valence-corrected chi connectivity index (χ1v) is 10.2. The molecule has 1 heterocycles. The Morgan fingerprint density at radius 2 is 1.85 bits per heavy atom. The Kier molecular flexibility index (Phi) is 3.60. The predicted octanol–water partition coefficient (Wildman–Crippen LogP) is 4.83. The fourth-order valence-corrected chi connectivity index (χ4v) is 5.52. The van der Waals surface area contributed by atoms with Gasteiger partial charge in [-0.1, -0.05) is 41.9 Å². The van der Waals surface area contributed by atoms with Crippen LogP contribution in [0.2, 0.25) is 0 Å². The van der Waals surface area contributed by atoms with Gasteiger partial charge in [-0.2, -0.15) is 0 Å². The van der Waals surface area contributed by atoms with E-state index in [4.69, 9.17) is 0 Å². The molecule has 2 bridgehead atoms. The molecule has 1 saturated carbocycles. The molecule has 1 saturated heterocycles. The molecule has 2 aliphatic carbocycles. The van der Waals surface area contributed by atoms with E-state index in [1.807, 2.05) is 6.07 Å². The van der Waals surface area contributed by atoms with E-state index in [1.165, 1.54) is 35.1 Å². The molecule has 3 nitrogen and oxygen atoms in total. The van der Waals surface area contributed by atoms with Crippen molar-refractivity contribution in [3.63, 3.8) is 0 Å². The smallest absolute Gasteiger partial charge is 0.241 e. The highest BCUT2D eigenvalue weighted by molar-refractivity contribution is 9.10. The molecule has 1 amide bonds. The van der Waals surface area contributed by atoms with Crippen LogP contribution in [0.1, 0.15) is 44.2 Å². The van der Waals surface area contributed by atoms with E-state index < -0.39 is 0 Å². The molecule has 2 aromatic carbocycles. The molecule has 3 aliphatic rings. The lowest BCUT2D eigenvalue weighted by Crippen LogP contribution is -2.44. The second-order valence-corrected chi connectivity index (χ2v) is 9.39. The lowest BCUT2D eigenvalue weighted by atomic mass is 9.82. The Balaban J connectivity index is 1.45. The normalized spacial score (nSPS) is 27.3. The summed E-state index contributed by atoms with van der Waals surface area (Å²) in [6.45, 7) is 4.51. The first kappa shape index (κ1) is 16.5. The fraction of sp³-hybridized carbons (Fsp3) is 0.409. The van der Waals surface area contributed by atoms with Crippen molar-refractivity contribution in [1.82, 2.24) is 5.32 Å². The van der Waals surface area contributed by atoms with E-state index in [0.29, 0.717) is 12.0 Å². The number of carbonyl (C=O) groups excluding carboxylic acids is 1. The van der Waals surface area contributed by atoms with Gasteiger partial charge in [0, 0.05) is 21.6 Å². The lowest BCUT2D eigenvalue weighted by molar-refractivity contribution is -0.119. The van der Waals surface area contributed by atoms with E-state index >= 15 is 0 Å². The van der Waals surface area contributed by atoms with Crippen molar-refractivity contribution in [1.29, 1.82) is 0 Å². The zero-order chi connectivity index (χ0) is 18.1. The van der Waals surface area contributed by atoms with Gasteiger partial charge in [0.05, 0.1) is 6.04 Å². The number of fused-ring (bicyclic) bond motifs is 5. The SMILES string of the molecule is CC1(C)c2cc(Br)ccc2-c2ccc(NC(=O)[C@H]3N[C@@H]4CC[C@H]3C4)cc21. The van der Waals surface area contributed by atoms with Crippen LogP contribution in [-0.4, -0.2) is 18.0 Å². The topological polar surface area (TPSA) is 41.1 Å². The second-order valence-electron chi connectivity index (χ2n) is 8.48. The number of amides is 1. The summed E-state index contributed by atoms with van der Waals surface area (Å²) in [5.41, 5.74) is 6.01. The Morgan fingerprint density at radius 3 is 2.54 bits per heavy atom. The zero-order valence-corrected chi connectivity index (χ0v) is 16.7. The van der Waals surface area contributed by atoms with Crippen LogP contribution in [0.15, 0.2) is 40.9 Å². The van der Waals surface area contributed by atoms with Crippen LogP contribution in [0.5, 0.6) is 0 Å². The molecule has 2 N–H and O–H groups in total. The summed E-state index contributed by atoms with van der Waals surface area (Å²) in [6.07, 6.45) is 3.55. The van der Waals surface area contributed by atoms with Gasteiger partial charge < -0.3 is 10.6 Å². The molecule has 134 valence electrons. The van der Waals surface area contributed by atoms with Crippen molar-refractivity contribution in [2.75, 3.05) is 5.32 Å². The van der Waals surface area contributed by atoms with Gasteiger partial charge in [-0.05, 0) is 71.7 Å². The number of nitrogens with one attached hydrogen (secondary N) is 2. The van der Waals surface area contributed by atoms with Crippen molar-refractivity contribution in [2.24, 2.45) is 5.92 Å². The Hall–Kier alpha value is -1.65. The van der Waals surface area contributed by atoms with Crippen LogP contribution in [0.3, 0.4) is 0 Å². The fourth-order valence-electron chi connectivity index (χ4n) is 5.16. The highest BCUT2D eigenvalue weighted by Crippen LogP contribution is 2.50. The summed E-state index contributed by atoms with van der Waals surface area (Å²) in [5, 5.41) is 6.65. The van der Waals surface area contributed by atoms with Crippen molar-refractivity contribution < 1.29 is 4.79 Å². The summed E-state index contributed by atoms with van der Waals surface area (Å²) >= 11 is 3.60. The van der Waals surface area contributed by atoms with Gasteiger partial charge in [-0.15, -0.1) is 0 Å². The summed E-state index contributed by atoms with van der Waals surface area (Å²) in [4.78, 5) is 12.7. The number of hydrogen-bond donors (Lipinski definition) is 2. The average Bonchev–Trinajstić information content (AvgIpc) is 3.29. The maximum atomic E-state index is 12.7. The molecule has 0 spiro atoms. The molecule has 2 fully saturated rings. The standard InChI is InChI=1S/C22H23BrN2O/c1-22(2)18-10-13(23)4-7-16(18)17-8-6-15(11-19(17)22)25-21(26)20-12-3-5-14(9-12)24-20/h4,6-8,10-12,14,20,24H,3,5,9H2,1-2H3,(H,25,26)/t12-,14+,20-/m0/s1. The molecule has 4 heteroatoms. The van der Waals surface area contributed by atoms with Gasteiger partial charge in [0.1, 0.15) is 0 Å².